The molecule has 1 aliphatic rings. The summed E-state index contributed by atoms with van der Waals surface area (Å²) < 4.78 is 11.4. The molecule has 4 N–H and O–H groups in total. The molecule has 8 nitrogen and oxygen atoms in total. The number of hydrogen-bond acceptors (Lipinski definition) is 7. The second-order valence-corrected chi connectivity index (χ2v) is 8.69. The van der Waals surface area contributed by atoms with Crippen molar-refractivity contribution in [3.05, 3.63) is 53.8 Å². The molecule has 176 valence electrons. The predicted molar refractivity (Wildman–Crippen MR) is 136 cm³/mol. The van der Waals surface area contributed by atoms with Crippen LogP contribution in [0.3, 0.4) is 0 Å². The molecule has 2 aromatic heterocycles. The lowest BCUT2D eigenvalue weighted by Gasteiger charge is -2.15. The average Bonchev–Trinajstić information content (AvgIpc) is 3.50. The van der Waals surface area contributed by atoms with Gasteiger partial charge < -0.3 is 25.5 Å². The largest absolute Gasteiger partial charge is 0.495 e. The molecule has 0 aliphatic carbocycles. The number of nitrogen functional groups attached to an aromatic ring is 1. The Hall–Kier alpha value is -3.49. The lowest BCUT2D eigenvalue weighted by atomic mass is 10.1. The fraction of sp³-hybridized carbons (Fsp3) is 0.280. The van der Waals surface area contributed by atoms with E-state index in [0.29, 0.717) is 40.4 Å². The van der Waals surface area contributed by atoms with Crippen LogP contribution in [0.4, 0.5) is 17.3 Å². The molecule has 1 fully saturated rings. The summed E-state index contributed by atoms with van der Waals surface area (Å²) in [7, 11) is 1.60. The van der Waals surface area contributed by atoms with Crippen LogP contribution in [0.1, 0.15) is 12.8 Å². The second kappa shape index (κ2) is 9.79. The summed E-state index contributed by atoms with van der Waals surface area (Å²) in [4.78, 5) is 14.8. The van der Waals surface area contributed by atoms with Gasteiger partial charge in [0.1, 0.15) is 18.1 Å². The van der Waals surface area contributed by atoms with Gasteiger partial charge in [-0.2, -0.15) is 0 Å². The lowest BCUT2D eigenvalue weighted by molar-refractivity contribution is 0.238. The number of nitrogens with two attached hydrogens (primary N) is 1. The van der Waals surface area contributed by atoms with Crippen molar-refractivity contribution in [2.45, 2.75) is 12.8 Å². The molecular weight excluding hydrogens is 452 g/mol. The van der Waals surface area contributed by atoms with E-state index in [9.17, 15) is 0 Å². The monoisotopic (exact) mass is 478 g/mol. The molecule has 0 amide bonds. The number of hydrogen-bond donors (Lipinski definition) is 3. The Morgan fingerprint density at radius 3 is 2.85 bits per heavy atom. The normalized spacial score (nSPS) is 13.9. The Balaban J connectivity index is 1.37. The Bertz CT molecular complexity index is 1300. The molecule has 4 aromatic rings. The van der Waals surface area contributed by atoms with E-state index in [0.717, 1.165) is 28.8 Å². The van der Waals surface area contributed by atoms with E-state index in [1.807, 2.05) is 24.4 Å². The van der Waals surface area contributed by atoms with Gasteiger partial charge in [0.25, 0.3) is 0 Å². The Morgan fingerprint density at radius 2 is 2.03 bits per heavy atom. The summed E-state index contributed by atoms with van der Waals surface area (Å²) in [5.74, 6) is 1.86. The van der Waals surface area contributed by atoms with E-state index in [-0.39, 0.29) is 0 Å². The first-order valence-electron chi connectivity index (χ1n) is 11.3. The van der Waals surface area contributed by atoms with Crippen molar-refractivity contribution in [1.29, 1.82) is 0 Å². The molecule has 0 saturated carbocycles. The number of fused-ring (bicyclic) bond motifs is 1. The summed E-state index contributed by atoms with van der Waals surface area (Å²) in [6.07, 6.45) is 6.05. The third kappa shape index (κ3) is 4.73. The van der Waals surface area contributed by atoms with Crippen molar-refractivity contribution in [3.63, 3.8) is 0 Å². The first-order chi connectivity index (χ1) is 16.6. The maximum absolute atomic E-state index is 6.50. The zero-order valence-electron chi connectivity index (χ0n) is 19.0. The molecule has 0 radical (unpaired) electrons. The number of halogens is 1. The lowest BCUT2D eigenvalue weighted by Crippen LogP contribution is -2.25. The number of nitrogens with zero attached hydrogens (tertiary/aromatic N) is 3. The smallest absolute Gasteiger partial charge is 0.227 e. The summed E-state index contributed by atoms with van der Waals surface area (Å²) in [6, 6.07) is 11.4. The quantitative estimate of drug-likeness (QED) is 0.303. The van der Waals surface area contributed by atoms with Crippen molar-refractivity contribution in [2.75, 3.05) is 44.4 Å². The predicted octanol–water partition coefficient (Wildman–Crippen LogP) is 5.09. The minimum Gasteiger partial charge on any atom is -0.495 e. The highest BCUT2D eigenvalue weighted by Gasteiger charge is 2.15. The van der Waals surface area contributed by atoms with Gasteiger partial charge in [-0.3, -0.25) is 4.90 Å². The molecule has 3 heterocycles. The molecule has 5 rings (SSSR count). The van der Waals surface area contributed by atoms with Crippen LogP contribution in [0.5, 0.6) is 11.5 Å². The van der Waals surface area contributed by atoms with Crippen molar-refractivity contribution < 1.29 is 9.47 Å². The van der Waals surface area contributed by atoms with Gasteiger partial charge in [-0.25, -0.2) is 9.97 Å². The molecule has 9 heteroatoms. The van der Waals surface area contributed by atoms with Crippen LogP contribution < -0.4 is 20.5 Å². The Morgan fingerprint density at radius 1 is 1.18 bits per heavy atom. The number of benzene rings is 2. The van der Waals surface area contributed by atoms with Crippen LogP contribution in [-0.4, -0.2) is 53.2 Å². The van der Waals surface area contributed by atoms with Gasteiger partial charge in [0.15, 0.2) is 0 Å². The number of methoxy groups -OCH3 is 1. The fourth-order valence-corrected chi connectivity index (χ4v) is 4.44. The molecular formula is C25H27ClN6O2. The molecule has 0 spiro atoms. The van der Waals surface area contributed by atoms with Gasteiger partial charge in [0, 0.05) is 41.0 Å². The number of ether oxygens (including phenoxy) is 2. The number of rotatable bonds is 8. The molecule has 0 atom stereocenters. The van der Waals surface area contributed by atoms with E-state index in [1.165, 1.54) is 25.9 Å². The van der Waals surface area contributed by atoms with Crippen molar-refractivity contribution in [3.8, 4) is 22.8 Å². The number of aromatic amines is 1. The number of nitrogens with one attached hydrogen (secondary N) is 2. The maximum atomic E-state index is 6.50. The van der Waals surface area contributed by atoms with Crippen molar-refractivity contribution in [1.82, 2.24) is 19.9 Å². The molecule has 34 heavy (non-hydrogen) atoms. The van der Waals surface area contributed by atoms with Crippen molar-refractivity contribution >= 4 is 39.8 Å². The summed E-state index contributed by atoms with van der Waals surface area (Å²) in [5.41, 5.74) is 9.66. The summed E-state index contributed by atoms with van der Waals surface area (Å²) in [5, 5.41) is 4.63. The van der Waals surface area contributed by atoms with Crippen LogP contribution in [0.2, 0.25) is 5.02 Å². The highest BCUT2D eigenvalue weighted by Crippen LogP contribution is 2.35. The molecule has 2 aromatic carbocycles. The van der Waals surface area contributed by atoms with Crippen LogP contribution in [0.15, 0.2) is 48.8 Å². The van der Waals surface area contributed by atoms with Crippen LogP contribution >= 0.6 is 11.6 Å². The number of likely N-dealkylation sites (tertiary alicyclic amines) is 1. The fourth-order valence-electron chi connectivity index (χ4n) is 4.25. The number of H-pyrrole nitrogens is 1. The first kappa shape index (κ1) is 22.3. The van der Waals surface area contributed by atoms with Gasteiger partial charge in [-0.1, -0.05) is 11.6 Å². The SMILES string of the molecule is COc1ccc(N)cc1Nc1ncc(Cl)c(-c2c[nH]c3cc(OCCN4CCCC4)ccc23)n1. The summed E-state index contributed by atoms with van der Waals surface area (Å²) >= 11 is 6.50. The van der Waals surface area contributed by atoms with Gasteiger partial charge in [-0.05, 0) is 56.3 Å². The Kier molecular flexibility index (Phi) is 6.42. The Labute approximate surface area is 203 Å². The van der Waals surface area contributed by atoms with Gasteiger partial charge >= 0.3 is 0 Å². The van der Waals surface area contributed by atoms with Crippen LogP contribution in [-0.2, 0) is 0 Å². The van der Waals surface area contributed by atoms with E-state index in [2.05, 4.69) is 25.2 Å². The third-order valence-corrected chi connectivity index (χ3v) is 6.27. The molecule has 0 unspecified atom stereocenters. The van der Waals surface area contributed by atoms with E-state index >= 15 is 0 Å². The van der Waals surface area contributed by atoms with E-state index < -0.39 is 0 Å². The van der Waals surface area contributed by atoms with E-state index in [4.69, 9.17) is 26.8 Å². The van der Waals surface area contributed by atoms with Gasteiger partial charge in [0.2, 0.25) is 5.95 Å². The summed E-state index contributed by atoms with van der Waals surface area (Å²) in [6.45, 7) is 3.98. The zero-order valence-corrected chi connectivity index (χ0v) is 19.7. The zero-order chi connectivity index (χ0) is 23.5. The molecule has 1 aliphatic heterocycles. The highest BCUT2D eigenvalue weighted by molar-refractivity contribution is 6.33. The average molecular weight is 479 g/mol. The molecule has 1 saturated heterocycles. The topological polar surface area (TPSA) is 101 Å². The van der Waals surface area contributed by atoms with Gasteiger partial charge in [-0.15, -0.1) is 0 Å². The van der Waals surface area contributed by atoms with Gasteiger partial charge in [0.05, 0.1) is 29.7 Å². The number of anilines is 3. The molecule has 0 bridgehead atoms. The third-order valence-electron chi connectivity index (χ3n) is 6.00. The minimum atomic E-state index is 0.388. The highest BCUT2D eigenvalue weighted by atomic mass is 35.5. The first-order valence-corrected chi connectivity index (χ1v) is 11.7. The maximum Gasteiger partial charge on any atom is 0.227 e. The second-order valence-electron chi connectivity index (χ2n) is 8.28. The standard InChI is InChI=1S/C25H27ClN6O2/c1-33-23-7-4-16(27)12-22(23)30-25-29-15-20(26)24(31-25)19-14-28-21-13-17(5-6-18(19)21)34-11-10-32-8-2-3-9-32/h4-7,12-15,28H,2-3,8-11,27H2,1H3,(H,29,30,31). The van der Waals surface area contributed by atoms with E-state index in [1.54, 1.807) is 31.5 Å². The minimum absolute atomic E-state index is 0.388. The van der Waals surface area contributed by atoms with Crippen LogP contribution in [0.25, 0.3) is 22.2 Å². The van der Waals surface area contributed by atoms with Crippen LogP contribution in [0, 0.1) is 0 Å². The number of aromatic nitrogens is 3. The van der Waals surface area contributed by atoms with Crippen molar-refractivity contribution in [2.24, 2.45) is 0 Å².